The molecule has 422 valence electrons. The number of nitrogens with one attached hydrogen (secondary N) is 1. The number of unbranched alkanes of at least 4 members (excludes halogenated alkanes) is 10. The van der Waals surface area contributed by atoms with Gasteiger partial charge in [-0.05, 0) is 97.5 Å². The van der Waals surface area contributed by atoms with Crippen molar-refractivity contribution in [1.29, 1.82) is 0 Å². The van der Waals surface area contributed by atoms with Gasteiger partial charge in [0, 0.05) is 62.3 Å². The van der Waals surface area contributed by atoms with Crippen molar-refractivity contribution in [3.05, 3.63) is 106 Å². The first-order valence-corrected chi connectivity index (χ1v) is 27.7. The third-order valence-corrected chi connectivity index (χ3v) is 15.0. The number of oxime groups is 1. The number of hydrogen-bond acceptors (Lipinski definition) is 15. The lowest BCUT2D eigenvalue weighted by Crippen LogP contribution is -2.70. The van der Waals surface area contributed by atoms with Crippen LogP contribution < -0.4 is 24.3 Å². The Bertz CT molecular complexity index is 2410. The van der Waals surface area contributed by atoms with Crippen LogP contribution in [-0.4, -0.2) is 115 Å². The maximum absolute atomic E-state index is 15.1. The molecule has 4 N–H and O–H groups in total. The minimum Gasteiger partial charge on any atom is -0.497 e. The highest BCUT2D eigenvalue weighted by atomic mass is 16.7. The van der Waals surface area contributed by atoms with E-state index < -0.39 is 34.7 Å². The first-order chi connectivity index (χ1) is 37.5. The number of benzene rings is 3. The Morgan fingerprint density at radius 1 is 0.870 bits per heavy atom. The zero-order valence-corrected chi connectivity index (χ0v) is 45.4. The van der Waals surface area contributed by atoms with Crippen molar-refractivity contribution in [2.45, 2.75) is 140 Å². The summed E-state index contributed by atoms with van der Waals surface area (Å²) in [5.74, 6) is -1.31. The molecule has 18 heteroatoms. The number of aliphatic hydroxyl groups excluding tert-OH is 3. The van der Waals surface area contributed by atoms with Gasteiger partial charge in [-0.15, -0.1) is 6.58 Å². The second-order valence-corrected chi connectivity index (χ2v) is 20.1. The molecule has 77 heavy (non-hydrogen) atoms. The van der Waals surface area contributed by atoms with Crippen LogP contribution in [0.3, 0.4) is 0 Å². The molecule has 3 aromatic carbocycles. The third-order valence-electron chi connectivity index (χ3n) is 15.0. The van der Waals surface area contributed by atoms with Crippen LogP contribution in [0.4, 0.5) is 16.2 Å². The Kier molecular flexibility index (Phi) is 24.5. The predicted octanol–water partition coefficient (Wildman–Crippen LogP) is 10.8. The number of hydrogen-bond donors (Lipinski definition) is 4. The molecule has 0 saturated heterocycles. The maximum atomic E-state index is 15.1. The van der Waals surface area contributed by atoms with Crippen LogP contribution in [0, 0.1) is 27.9 Å². The Morgan fingerprint density at radius 3 is 2.26 bits per heavy atom. The Balaban J connectivity index is 1.49. The second-order valence-electron chi connectivity index (χ2n) is 20.1. The van der Waals surface area contributed by atoms with Crippen LogP contribution in [0.25, 0.3) is 0 Å². The summed E-state index contributed by atoms with van der Waals surface area (Å²) in [6.45, 7) is 6.51. The number of non-ortho nitro benzene ring substituents is 1. The summed E-state index contributed by atoms with van der Waals surface area (Å²) in [6, 6.07) is 15.5. The summed E-state index contributed by atoms with van der Waals surface area (Å²) in [6.07, 6.45) is 17.2. The highest BCUT2D eigenvalue weighted by Crippen LogP contribution is 2.62. The molecule has 18 nitrogen and oxygen atoms in total. The minimum absolute atomic E-state index is 0.00387. The van der Waals surface area contributed by atoms with Gasteiger partial charge in [-0.3, -0.25) is 20.2 Å². The van der Waals surface area contributed by atoms with Crippen LogP contribution in [0.1, 0.15) is 133 Å². The minimum atomic E-state index is -1.56. The molecule has 1 fully saturated rings. The van der Waals surface area contributed by atoms with Crippen molar-refractivity contribution < 1.29 is 63.1 Å². The zero-order valence-electron chi connectivity index (χ0n) is 45.4. The largest absolute Gasteiger partial charge is 0.497 e. The van der Waals surface area contributed by atoms with Gasteiger partial charge in [-0.1, -0.05) is 88.4 Å². The fourth-order valence-corrected chi connectivity index (χ4v) is 11.3. The number of ether oxygens (including phenoxy) is 6. The Labute approximate surface area is 453 Å². The predicted molar refractivity (Wildman–Crippen MR) is 293 cm³/mol. The summed E-state index contributed by atoms with van der Waals surface area (Å²) in [4.78, 5) is 47.9. The van der Waals surface area contributed by atoms with Crippen LogP contribution in [0.15, 0.2) is 90.1 Å². The van der Waals surface area contributed by atoms with Gasteiger partial charge in [-0.2, -0.15) is 0 Å². The lowest BCUT2D eigenvalue weighted by molar-refractivity contribution is -0.384. The van der Waals surface area contributed by atoms with E-state index in [2.05, 4.69) is 24.9 Å². The lowest BCUT2D eigenvalue weighted by Gasteiger charge is -2.60. The molecule has 2 amide bonds. The van der Waals surface area contributed by atoms with E-state index in [1.807, 2.05) is 6.07 Å². The van der Waals surface area contributed by atoms with E-state index in [4.69, 9.17) is 38.4 Å². The monoisotopic (exact) mass is 1070 g/mol. The van der Waals surface area contributed by atoms with E-state index in [1.54, 1.807) is 53.4 Å². The molecule has 1 saturated carbocycles. The van der Waals surface area contributed by atoms with Crippen LogP contribution in [0.5, 0.6) is 23.0 Å². The maximum Gasteiger partial charge on any atom is 0.417 e. The van der Waals surface area contributed by atoms with Crippen molar-refractivity contribution in [2.24, 2.45) is 22.9 Å². The van der Waals surface area contributed by atoms with Gasteiger partial charge in [0.2, 0.25) is 11.7 Å². The molecule has 3 aromatic rings. The molecule has 6 rings (SSSR count). The van der Waals surface area contributed by atoms with E-state index in [0.29, 0.717) is 72.7 Å². The van der Waals surface area contributed by atoms with Crippen molar-refractivity contribution in [2.75, 3.05) is 65.7 Å². The topological polar surface area (TPSA) is 230 Å². The van der Waals surface area contributed by atoms with Gasteiger partial charge < -0.3 is 53.5 Å². The van der Waals surface area contributed by atoms with E-state index in [-0.39, 0.29) is 94.8 Å². The molecule has 2 aliphatic carbocycles. The zero-order chi connectivity index (χ0) is 55.0. The lowest BCUT2D eigenvalue weighted by atomic mass is 9.55. The number of aliphatic hydroxyl groups is 3. The number of methoxy groups -OCH3 is 2. The van der Waals surface area contributed by atoms with E-state index in [1.165, 1.54) is 58.5 Å². The fraction of sp³-hybridized carbons (Fsp3) is 0.576. The van der Waals surface area contributed by atoms with Gasteiger partial charge in [0.1, 0.15) is 35.6 Å². The number of rotatable bonds is 35. The number of nitro groups is 1. The first-order valence-electron chi connectivity index (χ1n) is 27.7. The third kappa shape index (κ3) is 16.3. The number of carbonyl (C=O) groups is 2. The van der Waals surface area contributed by atoms with Gasteiger partial charge in [0.05, 0.1) is 62.9 Å². The standard InChI is InChI=1S/C59H82N4O14/c1-5-7-8-9-10-11-12-13-14-21-55(67)62(30-35-73-36-33-66)54-40-51(61-75-41-42-22-24-44(25-23-42)63(69)70)48-37-43(19-15-17-31-64)47(20-16-18-32-65)56-49-38-46(27-29-52(49)77-59(54,57(48)56)74-34-6-2)76-58(68)60-50-28-26-45(71-3)39-53(50)72-4/h6,22-29,37-39,43,47,54,56-57,64-66H,2,5,7-21,30-36,40-41H2,1,3-4H3,(H,60,68)/t43-,47+,54-,56+,57+,59+/m0/s1. The summed E-state index contributed by atoms with van der Waals surface area (Å²) >= 11 is 0. The number of allylic oxidation sites excluding steroid dienone is 1. The van der Waals surface area contributed by atoms with Gasteiger partial charge >= 0.3 is 6.09 Å². The number of fused-ring (bicyclic) bond motifs is 2. The highest BCUT2D eigenvalue weighted by molar-refractivity contribution is 6.03. The molecule has 0 bridgehead atoms. The van der Waals surface area contributed by atoms with E-state index in [0.717, 1.165) is 36.8 Å². The normalized spacial score (nSPS) is 20.7. The number of nitro benzene ring substituents is 1. The summed E-state index contributed by atoms with van der Waals surface area (Å²) in [7, 11) is 3.03. The average Bonchev–Trinajstić information content (AvgIpc) is 3.55. The van der Waals surface area contributed by atoms with Gasteiger partial charge in [0.15, 0.2) is 0 Å². The van der Waals surface area contributed by atoms with Crippen molar-refractivity contribution in [1.82, 2.24) is 4.90 Å². The molecular formula is C59H82N4O14. The van der Waals surface area contributed by atoms with Crippen molar-refractivity contribution in [3.8, 4) is 23.0 Å². The van der Waals surface area contributed by atoms with Crippen LogP contribution in [0.2, 0.25) is 0 Å². The van der Waals surface area contributed by atoms with Gasteiger partial charge in [-0.25, -0.2) is 4.79 Å². The molecule has 6 atom stereocenters. The van der Waals surface area contributed by atoms with Crippen molar-refractivity contribution >= 4 is 29.1 Å². The summed E-state index contributed by atoms with van der Waals surface area (Å²) in [5, 5.41) is 49.1. The Hall–Kier alpha value is -6.05. The second kappa shape index (κ2) is 31.4. The molecule has 0 aromatic heterocycles. The summed E-state index contributed by atoms with van der Waals surface area (Å²) in [5.41, 5.74) is 3.09. The average molecular weight is 1070 g/mol. The molecular weight excluding hydrogens is 989 g/mol. The molecule has 3 aliphatic rings. The molecule has 1 aliphatic heterocycles. The molecule has 1 heterocycles. The van der Waals surface area contributed by atoms with Crippen LogP contribution in [-0.2, 0) is 25.7 Å². The SMILES string of the molecule is C=CCO[C@@]12Oc3ccc(OC(=O)Nc4ccc(OC)cc4OC)cc3[C@H]3[C@H](CCCCO)[C@@H](CCCCO)C=C(C(=NOCc4ccc([N+](=O)[O-])cc4)C[C@@H]1N(CCOCCO)C(=O)CCCCCCCCCCC)[C@H]32. The van der Waals surface area contributed by atoms with E-state index in [9.17, 15) is 30.2 Å². The van der Waals surface area contributed by atoms with Crippen molar-refractivity contribution in [3.63, 3.8) is 0 Å². The molecule has 0 radical (unpaired) electrons. The Morgan fingerprint density at radius 2 is 1.58 bits per heavy atom. The number of anilines is 1. The van der Waals surface area contributed by atoms with E-state index >= 15 is 4.79 Å². The van der Waals surface area contributed by atoms with Gasteiger partial charge in [0.25, 0.3) is 5.69 Å². The highest BCUT2D eigenvalue weighted by Gasteiger charge is 2.65. The fourth-order valence-electron chi connectivity index (χ4n) is 11.3. The quantitative estimate of drug-likeness (QED) is 0.0186. The first kappa shape index (κ1) is 60.2. The number of amides is 2. The molecule has 0 unspecified atom stereocenters. The number of nitrogens with zero attached hydrogens (tertiary/aromatic N) is 3. The van der Waals surface area contributed by atoms with Crippen LogP contribution >= 0.6 is 0 Å². The smallest absolute Gasteiger partial charge is 0.417 e. The summed E-state index contributed by atoms with van der Waals surface area (Å²) < 4.78 is 37.4. The number of carbonyl (C=O) groups excluding carboxylic acids is 2. The molecule has 0 spiro atoms.